The molecule has 1 fully saturated rings. The molecular weight excluding hydrogens is 160 g/mol. The summed E-state index contributed by atoms with van der Waals surface area (Å²) >= 11 is 0. The molecule has 0 saturated heterocycles. The van der Waals surface area contributed by atoms with Crippen molar-refractivity contribution in [2.45, 2.75) is 18.9 Å². The predicted molar refractivity (Wildman–Crippen MR) is 41.9 cm³/mol. The Balaban J connectivity index is 2.17. The van der Waals surface area contributed by atoms with Crippen LogP contribution in [0.2, 0.25) is 0 Å². The lowest BCUT2D eigenvalue weighted by atomic mass is 10.5. The van der Waals surface area contributed by atoms with E-state index in [4.69, 9.17) is 0 Å². The Morgan fingerprint density at radius 2 is 2.50 bits per heavy atom. The molecule has 0 spiro atoms. The van der Waals surface area contributed by atoms with Crippen molar-refractivity contribution in [1.82, 2.24) is 10.2 Å². The summed E-state index contributed by atoms with van der Waals surface area (Å²) in [4.78, 5) is 9.90. The summed E-state index contributed by atoms with van der Waals surface area (Å²) in [6, 6.07) is 0.404. The van der Waals surface area contributed by atoms with Crippen LogP contribution in [0, 0.1) is 10.1 Å². The molecule has 12 heavy (non-hydrogen) atoms. The fraction of sp³-hybridized carbons (Fsp3) is 0.500. The van der Waals surface area contributed by atoms with Gasteiger partial charge in [-0.2, -0.15) is 0 Å². The summed E-state index contributed by atoms with van der Waals surface area (Å²) < 4.78 is 0. The molecular formula is C6H8N4O2. The van der Waals surface area contributed by atoms with Gasteiger partial charge in [-0.25, -0.2) is 0 Å². The minimum atomic E-state index is -0.474. The molecule has 1 aromatic rings. The molecule has 0 unspecified atom stereocenters. The quantitative estimate of drug-likeness (QED) is 0.518. The Morgan fingerprint density at radius 1 is 1.75 bits per heavy atom. The summed E-state index contributed by atoms with van der Waals surface area (Å²) in [6.45, 7) is 0. The highest BCUT2D eigenvalue weighted by Gasteiger charge is 2.25. The largest absolute Gasteiger partial charge is 0.374 e. The Kier molecular flexibility index (Phi) is 1.46. The Hall–Kier alpha value is -1.59. The van der Waals surface area contributed by atoms with Gasteiger partial charge >= 0.3 is 5.82 Å². The number of hydrogen-bond acceptors (Lipinski definition) is 4. The van der Waals surface area contributed by atoms with Gasteiger partial charge < -0.3 is 15.4 Å². The molecule has 1 saturated carbocycles. The Bertz CT molecular complexity index is 304. The summed E-state index contributed by atoms with van der Waals surface area (Å²) in [5, 5.41) is 19.3. The lowest BCUT2D eigenvalue weighted by Gasteiger charge is -1.98. The van der Waals surface area contributed by atoms with Crippen molar-refractivity contribution in [2.75, 3.05) is 5.32 Å². The average molecular weight is 168 g/mol. The van der Waals surface area contributed by atoms with Gasteiger partial charge in [0, 0.05) is 6.04 Å². The third-order valence-corrected chi connectivity index (χ3v) is 1.74. The predicted octanol–water partition coefficient (Wildman–Crippen LogP) is 0.892. The summed E-state index contributed by atoms with van der Waals surface area (Å²) in [6.07, 6.45) is 3.61. The summed E-state index contributed by atoms with van der Waals surface area (Å²) in [5.74, 6) is -0.0538. The smallest absolute Gasteiger partial charge is 0.366 e. The molecule has 6 nitrogen and oxygen atoms in total. The van der Waals surface area contributed by atoms with E-state index in [-0.39, 0.29) is 5.82 Å². The van der Waals surface area contributed by atoms with E-state index in [0.29, 0.717) is 11.7 Å². The number of anilines is 1. The summed E-state index contributed by atoms with van der Waals surface area (Å²) in [7, 11) is 0. The van der Waals surface area contributed by atoms with Crippen LogP contribution in [0.3, 0.4) is 0 Å². The van der Waals surface area contributed by atoms with E-state index >= 15 is 0 Å². The van der Waals surface area contributed by atoms with Crippen molar-refractivity contribution in [3.63, 3.8) is 0 Å². The van der Waals surface area contributed by atoms with Crippen LogP contribution < -0.4 is 5.32 Å². The molecule has 0 aromatic carbocycles. The van der Waals surface area contributed by atoms with Gasteiger partial charge in [0.15, 0.2) is 5.69 Å². The van der Waals surface area contributed by atoms with Gasteiger partial charge in [-0.3, -0.25) is 0 Å². The topological polar surface area (TPSA) is 83.8 Å². The third kappa shape index (κ3) is 1.23. The van der Waals surface area contributed by atoms with E-state index in [1.165, 1.54) is 6.20 Å². The standard InChI is InChI=1S/C6H8N4O2/c11-10(12)6-5(3-7-9-6)8-4-1-2-4/h3-4,8H,1-2H2,(H,7,9). The second-order valence-corrected chi connectivity index (χ2v) is 2.81. The number of rotatable bonds is 3. The lowest BCUT2D eigenvalue weighted by molar-refractivity contribution is -0.388. The van der Waals surface area contributed by atoms with Crippen molar-refractivity contribution in [3.05, 3.63) is 16.3 Å². The number of nitrogens with zero attached hydrogens (tertiary/aromatic N) is 2. The van der Waals surface area contributed by atoms with Gasteiger partial charge in [0.25, 0.3) is 0 Å². The van der Waals surface area contributed by atoms with Crippen LogP contribution in [0.15, 0.2) is 6.20 Å². The fourth-order valence-electron chi connectivity index (χ4n) is 0.972. The number of nitro groups is 1. The maximum absolute atomic E-state index is 10.4. The molecule has 1 heterocycles. The molecule has 2 N–H and O–H groups in total. The molecule has 64 valence electrons. The Labute approximate surface area is 68.1 Å². The van der Waals surface area contributed by atoms with Gasteiger partial charge in [-0.15, -0.1) is 5.10 Å². The van der Waals surface area contributed by atoms with E-state index in [2.05, 4.69) is 15.5 Å². The molecule has 1 aliphatic carbocycles. The second-order valence-electron chi connectivity index (χ2n) is 2.81. The number of nitrogens with one attached hydrogen (secondary N) is 2. The van der Waals surface area contributed by atoms with E-state index < -0.39 is 4.92 Å². The molecule has 0 aliphatic heterocycles. The van der Waals surface area contributed by atoms with Crippen LogP contribution >= 0.6 is 0 Å². The second kappa shape index (κ2) is 2.47. The highest BCUT2D eigenvalue weighted by Crippen LogP contribution is 2.28. The van der Waals surface area contributed by atoms with Gasteiger partial charge in [0.2, 0.25) is 0 Å². The van der Waals surface area contributed by atoms with E-state index in [9.17, 15) is 10.1 Å². The van der Waals surface area contributed by atoms with Crippen LogP contribution in [0.4, 0.5) is 11.5 Å². The zero-order chi connectivity index (χ0) is 8.55. The first kappa shape index (κ1) is 7.08. The van der Waals surface area contributed by atoms with Gasteiger partial charge in [0.1, 0.15) is 6.20 Å². The first-order valence-electron chi connectivity index (χ1n) is 3.71. The molecule has 0 bridgehead atoms. The Morgan fingerprint density at radius 3 is 3.08 bits per heavy atom. The zero-order valence-corrected chi connectivity index (χ0v) is 6.28. The molecule has 0 atom stereocenters. The SMILES string of the molecule is O=[N+]([O-])c1[nH]ncc1NC1CC1. The maximum atomic E-state index is 10.4. The van der Waals surface area contributed by atoms with Gasteiger partial charge in [-0.05, 0) is 17.8 Å². The van der Waals surface area contributed by atoms with Crippen molar-refractivity contribution in [3.8, 4) is 0 Å². The minimum absolute atomic E-state index is 0.0538. The highest BCUT2D eigenvalue weighted by molar-refractivity contribution is 5.56. The minimum Gasteiger partial charge on any atom is -0.374 e. The monoisotopic (exact) mass is 168 g/mol. The molecule has 0 radical (unpaired) electrons. The van der Waals surface area contributed by atoms with Crippen molar-refractivity contribution >= 4 is 11.5 Å². The average Bonchev–Trinajstić information content (AvgIpc) is 2.66. The molecule has 1 aromatic heterocycles. The van der Waals surface area contributed by atoms with Crippen LogP contribution in [-0.2, 0) is 0 Å². The molecule has 6 heteroatoms. The lowest BCUT2D eigenvalue weighted by Crippen LogP contribution is -2.02. The summed E-state index contributed by atoms with van der Waals surface area (Å²) in [5.41, 5.74) is 0.488. The van der Waals surface area contributed by atoms with Crippen molar-refractivity contribution in [2.24, 2.45) is 0 Å². The third-order valence-electron chi connectivity index (χ3n) is 1.74. The van der Waals surface area contributed by atoms with Gasteiger partial charge in [0.05, 0.1) is 0 Å². The van der Waals surface area contributed by atoms with Gasteiger partial charge in [-0.1, -0.05) is 5.10 Å². The fourth-order valence-corrected chi connectivity index (χ4v) is 0.972. The molecule has 1 aliphatic rings. The molecule has 0 amide bonds. The van der Waals surface area contributed by atoms with E-state index in [0.717, 1.165) is 12.8 Å². The zero-order valence-electron chi connectivity index (χ0n) is 6.28. The van der Waals surface area contributed by atoms with E-state index in [1.807, 2.05) is 0 Å². The first-order chi connectivity index (χ1) is 5.77. The van der Waals surface area contributed by atoms with Crippen LogP contribution in [0.5, 0.6) is 0 Å². The number of aromatic nitrogens is 2. The maximum Gasteiger partial charge on any atom is 0.366 e. The first-order valence-corrected chi connectivity index (χ1v) is 3.71. The normalized spacial score (nSPS) is 16.0. The molecule has 2 rings (SSSR count). The van der Waals surface area contributed by atoms with Crippen molar-refractivity contribution < 1.29 is 4.92 Å². The number of aromatic amines is 1. The van der Waals surface area contributed by atoms with Crippen molar-refractivity contribution in [1.29, 1.82) is 0 Å². The van der Waals surface area contributed by atoms with Crippen LogP contribution in [-0.4, -0.2) is 21.2 Å². The highest BCUT2D eigenvalue weighted by atomic mass is 16.6. The number of H-pyrrole nitrogens is 1. The number of hydrogen-bond donors (Lipinski definition) is 2. The van der Waals surface area contributed by atoms with Crippen LogP contribution in [0.25, 0.3) is 0 Å². The van der Waals surface area contributed by atoms with Crippen LogP contribution in [0.1, 0.15) is 12.8 Å². The van der Waals surface area contributed by atoms with E-state index in [1.54, 1.807) is 0 Å².